The number of β-amino-alcohol motifs (C(OH)–C–C–N with tert-alkyl or cyclic N) is 1. The highest BCUT2D eigenvalue weighted by atomic mass is 16.6. The molecule has 2 atom stereocenters. The van der Waals surface area contributed by atoms with Crippen LogP contribution in [0.3, 0.4) is 0 Å². The molecule has 1 N–H and O–H groups in total. The van der Waals surface area contributed by atoms with Crippen molar-refractivity contribution in [1.29, 1.82) is 0 Å². The zero-order valence-electron chi connectivity index (χ0n) is 13.3. The van der Waals surface area contributed by atoms with Crippen LogP contribution in [0.1, 0.15) is 32.3 Å². The van der Waals surface area contributed by atoms with Gasteiger partial charge in [0.15, 0.2) is 0 Å². The average Bonchev–Trinajstić information content (AvgIpc) is 2.86. The van der Waals surface area contributed by atoms with Gasteiger partial charge in [-0.25, -0.2) is 4.79 Å². The van der Waals surface area contributed by atoms with Crippen molar-refractivity contribution in [2.24, 2.45) is 5.92 Å². The quantitative estimate of drug-likeness (QED) is 0.849. The molecule has 1 fully saturated rings. The maximum absolute atomic E-state index is 12.2. The minimum atomic E-state index is -0.474. The van der Waals surface area contributed by atoms with Gasteiger partial charge in [0.1, 0.15) is 6.61 Å². The van der Waals surface area contributed by atoms with E-state index in [4.69, 9.17) is 4.74 Å². The Labute approximate surface area is 132 Å². The van der Waals surface area contributed by atoms with Crippen LogP contribution in [0.25, 0.3) is 0 Å². The highest BCUT2D eigenvalue weighted by Crippen LogP contribution is 2.21. The number of nitrogens with zero attached hydrogens (tertiary/aromatic N) is 1. The SMILES string of the molecule is CC(C)CC=C[C@@H]1C[C@@H](O)CN1C(=O)OCc1ccccc1. The molecule has 1 heterocycles. The van der Waals surface area contributed by atoms with Crippen LogP contribution in [0, 0.1) is 5.92 Å². The zero-order chi connectivity index (χ0) is 15.9. The second kappa shape index (κ2) is 7.99. The Morgan fingerprint density at radius 2 is 2.14 bits per heavy atom. The average molecular weight is 303 g/mol. The number of benzene rings is 1. The Morgan fingerprint density at radius 1 is 1.41 bits per heavy atom. The minimum Gasteiger partial charge on any atom is -0.445 e. The van der Waals surface area contributed by atoms with Crippen molar-refractivity contribution in [1.82, 2.24) is 4.90 Å². The summed E-state index contributed by atoms with van der Waals surface area (Å²) in [6, 6.07) is 9.54. The van der Waals surface area contributed by atoms with E-state index in [1.54, 1.807) is 4.90 Å². The minimum absolute atomic E-state index is 0.0722. The molecule has 0 saturated carbocycles. The normalized spacial score (nSPS) is 21.7. The van der Waals surface area contributed by atoms with Crippen LogP contribution in [0.4, 0.5) is 4.79 Å². The predicted molar refractivity (Wildman–Crippen MR) is 86.3 cm³/mol. The summed E-state index contributed by atoms with van der Waals surface area (Å²) in [6.45, 7) is 4.90. The lowest BCUT2D eigenvalue weighted by molar-refractivity contribution is 0.0919. The van der Waals surface area contributed by atoms with E-state index in [-0.39, 0.29) is 18.7 Å². The molecular weight excluding hydrogens is 278 g/mol. The number of aliphatic hydroxyl groups excluding tert-OH is 1. The summed E-state index contributed by atoms with van der Waals surface area (Å²) in [5.74, 6) is 0.584. The van der Waals surface area contributed by atoms with E-state index >= 15 is 0 Å². The van der Waals surface area contributed by atoms with Crippen molar-refractivity contribution in [2.45, 2.75) is 45.4 Å². The summed E-state index contributed by atoms with van der Waals surface area (Å²) in [4.78, 5) is 13.8. The van der Waals surface area contributed by atoms with Gasteiger partial charge < -0.3 is 9.84 Å². The molecule has 22 heavy (non-hydrogen) atoms. The van der Waals surface area contributed by atoms with Gasteiger partial charge in [-0.1, -0.05) is 56.3 Å². The maximum atomic E-state index is 12.2. The van der Waals surface area contributed by atoms with Crippen LogP contribution >= 0.6 is 0 Å². The second-order valence-electron chi connectivity index (χ2n) is 6.21. The number of likely N-dealkylation sites (tertiary alicyclic amines) is 1. The summed E-state index contributed by atoms with van der Waals surface area (Å²) >= 11 is 0. The van der Waals surface area contributed by atoms with Crippen LogP contribution < -0.4 is 0 Å². The fraction of sp³-hybridized carbons (Fsp3) is 0.500. The molecule has 1 aliphatic heterocycles. The number of ether oxygens (including phenoxy) is 1. The van der Waals surface area contributed by atoms with Crippen LogP contribution in [0.5, 0.6) is 0 Å². The molecule has 0 aromatic heterocycles. The van der Waals surface area contributed by atoms with E-state index in [0.29, 0.717) is 18.9 Å². The van der Waals surface area contributed by atoms with E-state index in [9.17, 15) is 9.90 Å². The molecule has 1 aromatic rings. The van der Waals surface area contributed by atoms with Gasteiger partial charge in [0.25, 0.3) is 0 Å². The molecule has 1 aromatic carbocycles. The van der Waals surface area contributed by atoms with Crippen LogP contribution in [-0.4, -0.2) is 34.8 Å². The molecule has 1 aliphatic rings. The van der Waals surface area contributed by atoms with Crippen LogP contribution in [0.2, 0.25) is 0 Å². The number of carbonyl (C=O) groups excluding carboxylic acids is 1. The van der Waals surface area contributed by atoms with E-state index in [0.717, 1.165) is 12.0 Å². The molecular formula is C18H25NO3. The maximum Gasteiger partial charge on any atom is 0.410 e. The molecule has 4 heteroatoms. The molecule has 1 amide bonds. The molecule has 0 spiro atoms. The third-order valence-electron chi connectivity index (χ3n) is 3.73. The number of hydrogen-bond donors (Lipinski definition) is 1. The van der Waals surface area contributed by atoms with Gasteiger partial charge in [-0.3, -0.25) is 4.90 Å². The van der Waals surface area contributed by atoms with Crippen molar-refractivity contribution in [3.05, 3.63) is 48.0 Å². The van der Waals surface area contributed by atoms with Crippen molar-refractivity contribution in [3.63, 3.8) is 0 Å². The first-order valence-corrected chi connectivity index (χ1v) is 7.88. The van der Waals surface area contributed by atoms with Crippen molar-refractivity contribution >= 4 is 6.09 Å². The van der Waals surface area contributed by atoms with Crippen molar-refractivity contribution in [2.75, 3.05) is 6.54 Å². The predicted octanol–water partition coefficient (Wildman–Crippen LogP) is 3.36. The fourth-order valence-electron chi connectivity index (χ4n) is 2.55. The third kappa shape index (κ3) is 4.88. The second-order valence-corrected chi connectivity index (χ2v) is 6.21. The van der Waals surface area contributed by atoms with Crippen molar-refractivity contribution in [3.8, 4) is 0 Å². The summed E-state index contributed by atoms with van der Waals surface area (Å²) in [6.07, 6.45) is 4.82. The monoisotopic (exact) mass is 303 g/mol. The Balaban J connectivity index is 1.90. The summed E-state index contributed by atoms with van der Waals surface area (Å²) in [7, 11) is 0. The first-order chi connectivity index (χ1) is 10.6. The lowest BCUT2D eigenvalue weighted by Crippen LogP contribution is -2.35. The van der Waals surface area contributed by atoms with Gasteiger partial charge in [0.2, 0.25) is 0 Å². The topological polar surface area (TPSA) is 49.8 Å². The third-order valence-corrected chi connectivity index (χ3v) is 3.73. The Morgan fingerprint density at radius 3 is 2.82 bits per heavy atom. The fourth-order valence-corrected chi connectivity index (χ4v) is 2.55. The number of allylic oxidation sites excluding steroid dienone is 1. The molecule has 0 unspecified atom stereocenters. The molecule has 4 nitrogen and oxygen atoms in total. The molecule has 0 radical (unpaired) electrons. The summed E-state index contributed by atoms with van der Waals surface area (Å²) < 4.78 is 5.36. The number of hydrogen-bond acceptors (Lipinski definition) is 3. The molecule has 0 bridgehead atoms. The zero-order valence-corrected chi connectivity index (χ0v) is 13.3. The Hall–Kier alpha value is -1.81. The Kier molecular flexibility index (Phi) is 6.01. The number of amides is 1. The van der Waals surface area contributed by atoms with Crippen LogP contribution in [0.15, 0.2) is 42.5 Å². The molecule has 1 saturated heterocycles. The van der Waals surface area contributed by atoms with Gasteiger partial charge in [-0.05, 0) is 24.3 Å². The van der Waals surface area contributed by atoms with Gasteiger partial charge in [0, 0.05) is 0 Å². The smallest absolute Gasteiger partial charge is 0.410 e. The van der Waals surface area contributed by atoms with E-state index in [1.165, 1.54) is 0 Å². The number of aliphatic hydroxyl groups is 1. The van der Waals surface area contributed by atoms with Crippen LogP contribution in [-0.2, 0) is 11.3 Å². The highest BCUT2D eigenvalue weighted by molar-refractivity contribution is 5.69. The van der Waals surface area contributed by atoms with Gasteiger partial charge in [0.05, 0.1) is 18.7 Å². The lowest BCUT2D eigenvalue weighted by atomic mass is 10.1. The van der Waals surface area contributed by atoms with E-state index in [1.807, 2.05) is 36.4 Å². The first kappa shape index (κ1) is 16.6. The number of rotatable bonds is 5. The largest absolute Gasteiger partial charge is 0.445 e. The highest BCUT2D eigenvalue weighted by Gasteiger charge is 2.33. The van der Waals surface area contributed by atoms with E-state index in [2.05, 4.69) is 19.9 Å². The first-order valence-electron chi connectivity index (χ1n) is 7.88. The van der Waals surface area contributed by atoms with Crippen molar-refractivity contribution < 1.29 is 14.6 Å². The van der Waals surface area contributed by atoms with Gasteiger partial charge >= 0.3 is 6.09 Å². The molecule has 2 rings (SSSR count). The lowest BCUT2D eigenvalue weighted by Gasteiger charge is -2.21. The molecule has 0 aliphatic carbocycles. The Bertz CT molecular complexity index is 498. The summed E-state index contributed by atoms with van der Waals surface area (Å²) in [5.41, 5.74) is 0.961. The van der Waals surface area contributed by atoms with Gasteiger partial charge in [-0.15, -0.1) is 0 Å². The van der Waals surface area contributed by atoms with Gasteiger partial charge in [-0.2, -0.15) is 0 Å². The number of carbonyl (C=O) groups is 1. The summed E-state index contributed by atoms with van der Waals surface area (Å²) in [5, 5.41) is 9.83. The van der Waals surface area contributed by atoms with E-state index < -0.39 is 6.10 Å². The standard InChI is InChI=1S/C18H25NO3/c1-14(2)7-6-10-16-11-17(20)12-19(16)18(21)22-13-15-8-4-3-5-9-15/h3-6,8-10,14,16-17,20H,7,11-13H2,1-2H3/t16-,17-/m1/s1. The molecule has 120 valence electrons.